The summed E-state index contributed by atoms with van der Waals surface area (Å²) in [6.45, 7) is 6.98. The van der Waals surface area contributed by atoms with Gasteiger partial charge in [0, 0.05) is 17.6 Å². The zero-order chi connectivity index (χ0) is 20.2. The molecule has 1 fully saturated rings. The summed E-state index contributed by atoms with van der Waals surface area (Å²) in [5, 5.41) is 10.8. The number of carbonyl (C=O) groups excluding carboxylic acids is 2. The Kier molecular flexibility index (Phi) is 6.96. The van der Waals surface area contributed by atoms with Crippen LogP contribution in [0, 0.1) is 5.92 Å². The molecular weight excluding hydrogens is 368 g/mol. The number of nitrogens with two attached hydrogens (primary N) is 1. The molecule has 4 N–H and O–H groups in total. The van der Waals surface area contributed by atoms with Crippen molar-refractivity contribution < 1.29 is 18.0 Å². The Morgan fingerprint density at radius 2 is 1.81 bits per heavy atom. The van der Waals surface area contributed by atoms with Crippen molar-refractivity contribution in [2.24, 2.45) is 11.1 Å². The van der Waals surface area contributed by atoms with Crippen molar-refractivity contribution in [3.63, 3.8) is 0 Å². The highest BCUT2D eigenvalue weighted by Crippen LogP contribution is 2.21. The Labute approximate surface area is 160 Å². The van der Waals surface area contributed by atoms with Gasteiger partial charge in [0.25, 0.3) is 0 Å². The Hall–Kier alpha value is -1.97. The number of rotatable bonds is 6. The van der Waals surface area contributed by atoms with Gasteiger partial charge in [-0.05, 0) is 64.9 Å². The van der Waals surface area contributed by atoms with Gasteiger partial charge >= 0.3 is 0 Å². The number of nitrogens with one attached hydrogen (secondary N) is 2. The van der Waals surface area contributed by atoms with E-state index < -0.39 is 16.1 Å². The second-order valence-electron chi connectivity index (χ2n) is 7.21. The van der Waals surface area contributed by atoms with Crippen LogP contribution in [0.4, 0.5) is 5.69 Å². The number of primary sulfonamides is 1. The smallest absolute Gasteiger partial charge is 0.241 e. The first-order valence-corrected chi connectivity index (χ1v) is 10.6. The van der Waals surface area contributed by atoms with Crippen molar-refractivity contribution >= 4 is 27.5 Å². The second kappa shape index (κ2) is 8.81. The first-order valence-electron chi connectivity index (χ1n) is 9.06. The van der Waals surface area contributed by atoms with Crippen LogP contribution in [0.25, 0.3) is 0 Å². The number of sulfonamides is 1. The maximum atomic E-state index is 12.5. The molecule has 1 aliphatic heterocycles. The van der Waals surface area contributed by atoms with Crippen LogP contribution in [0.5, 0.6) is 0 Å². The van der Waals surface area contributed by atoms with Gasteiger partial charge in [0.15, 0.2) is 0 Å². The highest BCUT2D eigenvalue weighted by Gasteiger charge is 2.30. The predicted octanol–water partition coefficient (Wildman–Crippen LogP) is 0.898. The van der Waals surface area contributed by atoms with Gasteiger partial charge in [-0.2, -0.15) is 0 Å². The van der Waals surface area contributed by atoms with E-state index in [4.69, 9.17) is 5.14 Å². The van der Waals surface area contributed by atoms with Gasteiger partial charge in [-0.25, -0.2) is 13.6 Å². The van der Waals surface area contributed by atoms with E-state index in [0.29, 0.717) is 31.6 Å². The summed E-state index contributed by atoms with van der Waals surface area (Å²) in [4.78, 5) is 26.6. The number of nitrogens with zero attached hydrogens (tertiary/aromatic N) is 1. The van der Waals surface area contributed by atoms with E-state index >= 15 is 0 Å². The molecule has 2 amide bonds. The van der Waals surface area contributed by atoms with Gasteiger partial charge in [-0.15, -0.1) is 0 Å². The van der Waals surface area contributed by atoms with E-state index in [1.54, 1.807) is 13.0 Å². The lowest BCUT2D eigenvalue weighted by molar-refractivity contribution is -0.127. The SMILES string of the molecule is CC(C)NC(=O)C1CCN(C(C)C(=O)Nc2cccc(S(N)(=O)=O)c2)CC1. The van der Waals surface area contributed by atoms with Crippen LogP contribution in [-0.2, 0) is 19.6 Å². The molecule has 0 aliphatic carbocycles. The number of carbonyl (C=O) groups is 2. The number of piperidine rings is 1. The molecule has 0 saturated carbocycles. The predicted molar refractivity (Wildman–Crippen MR) is 103 cm³/mol. The van der Waals surface area contributed by atoms with E-state index in [1.807, 2.05) is 18.7 Å². The van der Waals surface area contributed by atoms with E-state index in [0.717, 1.165) is 0 Å². The van der Waals surface area contributed by atoms with E-state index in [1.165, 1.54) is 18.2 Å². The monoisotopic (exact) mass is 396 g/mol. The van der Waals surface area contributed by atoms with Crippen molar-refractivity contribution in [2.75, 3.05) is 18.4 Å². The second-order valence-corrected chi connectivity index (χ2v) is 8.77. The molecule has 1 aromatic rings. The zero-order valence-corrected chi connectivity index (χ0v) is 16.8. The minimum atomic E-state index is -3.82. The lowest BCUT2D eigenvalue weighted by Crippen LogP contribution is -2.48. The topological polar surface area (TPSA) is 122 Å². The molecule has 1 heterocycles. The molecule has 0 bridgehead atoms. The van der Waals surface area contributed by atoms with Crippen molar-refractivity contribution in [3.05, 3.63) is 24.3 Å². The molecule has 0 aromatic heterocycles. The first-order chi connectivity index (χ1) is 12.6. The van der Waals surface area contributed by atoms with Crippen LogP contribution in [-0.4, -0.2) is 50.3 Å². The van der Waals surface area contributed by atoms with E-state index in [2.05, 4.69) is 10.6 Å². The van der Waals surface area contributed by atoms with Crippen molar-refractivity contribution in [1.29, 1.82) is 0 Å². The van der Waals surface area contributed by atoms with Crippen molar-refractivity contribution in [3.8, 4) is 0 Å². The summed E-state index contributed by atoms with van der Waals surface area (Å²) >= 11 is 0. The average Bonchev–Trinajstić information content (AvgIpc) is 2.60. The highest BCUT2D eigenvalue weighted by atomic mass is 32.2. The molecule has 0 spiro atoms. The third-order valence-electron chi connectivity index (χ3n) is 4.69. The molecule has 8 nitrogen and oxygen atoms in total. The number of amides is 2. The largest absolute Gasteiger partial charge is 0.354 e. The van der Waals surface area contributed by atoms with Crippen LogP contribution < -0.4 is 15.8 Å². The lowest BCUT2D eigenvalue weighted by Gasteiger charge is -2.35. The van der Waals surface area contributed by atoms with Crippen LogP contribution in [0.15, 0.2) is 29.2 Å². The number of hydrogen-bond donors (Lipinski definition) is 3. The minimum absolute atomic E-state index is 0.0228. The Morgan fingerprint density at radius 1 is 1.19 bits per heavy atom. The Morgan fingerprint density at radius 3 is 2.37 bits per heavy atom. The van der Waals surface area contributed by atoms with Crippen LogP contribution in [0.1, 0.15) is 33.6 Å². The summed E-state index contributed by atoms with van der Waals surface area (Å²) in [5.41, 5.74) is 0.379. The highest BCUT2D eigenvalue weighted by molar-refractivity contribution is 7.89. The summed E-state index contributed by atoms with van der Waals surface area (Å²) in [7, 11) is -3.82. The summed E-state index contributed by atoms with van der Waals surface area (Å²) < 4.78 is 22.9. The third kappa shape index (κ3) is 6.02. The normalized spacial score (nSPS) is 17.5. The molecule has 1 aliphatic rings. The number of hydrogen-bond acceptors (Lipinski definition) is 5. The van der Waals surface area contributed by atoms with Gasteiger partial charge in [0.05, 0.1) is 10.9 Å². The fourth-order valence-electron chi connectivity index (χ4n) is 3.11. The van der Waals surface area contributed by atoms with Crippen molar-refractivity contribution in [1.82, 2.24) is 10.2 Å². The quantitative estimate of drug-likeness (QED) is 0.659. The molecule has 1 saturated heterocycles. The van der Waals surface area contributed by atoms with Gasteiger partial charge in [0.2, 0.25) is 21.8 Å². The van der Waals surface area contributed by atoms with E-state index in [-0.39, 0.29) is 28.7 Å². The van der Waals surface area contributed by atoms with Gasteiger partial charge in [0.1, 0.15) is 0 Å². The molecule has 1 unspecified atom stereocenters. The standard InChI is InChI=1S/C18H28N4O4S/c1-12(2)20-18(24)14-7-9-22(10-8-14)13(3)17(23)21-15-5-4-6-16(11-15)27(19,25)26/h4-6,11-14H,7-10H2,1-3H3,(H,20,24)(H,21,23)(H2,19,25,26). The summed E-state index contributed by atoms with van der Waals surface area (Å²) in [5.74, 6) is -0.182. The number of anilines is 1. The molecular formula is C18H28N4O4S. The number of benzene rings is 1. The molecule has 1 aromatic carbocycles. The van der Waals surface area contributed by atoms with Crippen molar-refractivity contribution in [2.45, 2.75) is 50.6 Å². The van der Waals surface area contributed by atoms with E-state index in [9.17, 15) is 18.0 Å². The zero-order valence-electron chi connectivity index (χ0n) is 15.9. The minimum Gasteiger partial charge on any atom is -0.354 e. The molecule has 0 radical (unpaired) electrons. The molecule has 150 valence electrons. The molecule has 1 atom stereocenters. The fourth-order valence-corrected chi connectivity index (χ4v) is 3.67. The number of likely N-dealkylation sites (tertiary alicyclic amines) is 1. The molecule has 9 heteroatoms. The summed E-state index contributed by atoms with van der Waals surface area (Å²) in [6, 6.07) is 5.58. The van der Waals surface area contributed by atoms with Crippen LogP contribution >= 0.6 is 0 Å². The maximum Gasteiger partial charge on any atom is 0.241 e. The van der Waals surface area contributed by atoms with Gasteiger partial charge < -0.3 is 10.6 Å². The Bertz CT molecular complexity index is 786. The Balaban J connectivity index is 1.92. The molecule has 27 heavy (non-hydrogen) atoms. The van der Waals surface area contributed by atoms with Crippen LogP contribution in [0.3, 0.4) is 0 Å². The maximum absolute atomic E-state index is 12.5. The first kappa shape index (κ1) is 21.3. The third-order valence-corrected chi connectivity index (χ3v) is 5.60. The van der Waals surface area contributed by atoms with Gasteiger partial charge in [-0.1, -0.05) is 6.07 Å². The summed E-state index contributed by atoms with van der Waals surface area (Å²) in [6.07, 6.45) is 1.41. The fraction of sp³-hybridized carbons (Fsp3) is 0.556. The lowest BCUT2D eigenvalue weighted by atomic mass is 9.94. The van der Waals surface area contributed by atoms with Crippen LogP contribution in [0.2, 0.25) is 0 Å². The van der Waals surface area contributed by atoms with Gasteiger partial charge in [-0.3, -0.25) is 14.5 Å². The molecule has 2 rings (SSSR count). The average molecular weight is 397 g/mol.